The maximum atomic E-state index is 11.9. The van der Waals surface area contributed by atoms with Gasteiger partial charge in [-0.2, -0.15) is 0 Å². The van der Waals surface area contributed by atoms with Crippen molar-refractivity contribution in [3.8, 4) is 47.4 Å². The van der Waals surface area contributed by atoms with E-state index in [-0.39, 0.29) is 11.5 Å². The summed E-state index contributed by atoms with van der Waals surface area (Å²) in [6.07, 6.45) is 8.78. The van der Waals surface area contributed by atoms with E-state index < -0.39 is 18.4 Å². The Balaban J connectivity index is -0.00000225. The molecule has 156 valence electrons. The molecule has 6 nitrogen and oxygen atoms in total. The molecule has 0 aliphatic heterocycles. The zero-order valence-corrected chi connectivity index (χ0v) is 16.0. The van der Waals surface area contributed by atoms with Gasteiger partial charge in [0.05, 0.1) is 6.61 Å². The number of carbonyl (C=O) groups is 2. The lowest BCUT2D eigenvalue weighted by Gasteiger charge is -2.08. The van der Waals surface area contributed by atoms with Crippen molar-refractivity contribution in [1.82, 2.24) is 0 Å². The molecule has 0 unspecified atom stereocenters. The predicted molar refractivity (Wildman–Crippen MR) is 115 cm³/mol. The molecule has 0 fully saturated rings. The van der Waals surface area contributed by atoms with Gasteiger partial charge in [0, 0.05) is 11.6 Å². The fourth-order valence-electron chi connectivity index (χ4n) is 2.08. The highest BCUT2D eigenvalue weighted by Gasteiger charge is 2.14. The third kappa shape index (κ3) is 8.11. The Morgan fingerprint density at radius 2 is 1.41 bits per heavy atom. The molecule has 0 atom stereocenters. The molecule has 0 aliphatic carbocycles. The van der Waals surface area contributed by atoms with Crippen LogP contribution in [0.5, 0.6) is 23.0 Å². The van der Waals surface area contributed by atoms with Gasteiger partial charge in [0.15, 0.2) is 0 Å². The Kier molecular flexibility index (Phi) is 8.66. The molecular weight excluding hydrogens is 372 g/mol. The van der Waals surface area contributed by atoms with Gasteiger partial charge in [-0.15, -0.1) is 6.42 Å². The number of ether oxygens (including phenoxy) is 4. The van der Waals surface area contributed by atoms with Crippen molar-refractivity contribution in [2.75, 3.05) is 6.61 Å². The molecule has 0 aromatic heterocycles. The highest BCUT2D eigenvalue weighted by atomic mass is 16.6. The standard InChI is InChI=1S/C23H20O6.4H2/c1-3-5-15-26-18-7-11-20(12-8-18)28-22(24)17-23(25)29-21-13-9-19(10-14-21)27-16-6-4-2;;;;/h1,7-14H,4,6,16-17H2,2H3;4*1H. The molecule has 0 N–H and O–H groups in total. The van der Waals surface area contributed by atoms with E-state index in [0.29, 0.717) is 23.9 Å². The first-order valence-electron chi connectivity index (χ1n) is 8.97. The summed E-state index contributed by atoms with van der Waals surface area (Å²) >= 11 is 0. The number of esters is 2. The van der Waals surface area contributed by atoms with Gasteiger partial charge in [-0.25, -0.2) is 0 Å². The largest absolute Gasteiger partial charge is 0.494 e. The van der Waals surface area contributed by atoms with Gasteiger partial charge in [-0.3, -0.25) is 9.59 Å². The van der Waals surface area contributed by atoms with Crippen LogP contribution >= 0.6 is 0 Å². The molecule has 29 heavy (non-hydrogen) atoms. The molecule has 0 aliphatic rings. The average Bonchev–Trinajstić information content (AvgIpc) is 2.71. The van der Waals surface area contributed by atoms with Crippen LogP contribution in [0.15, 0.2) is 48.5 Å². The van der Waals surface area contributed by atoms with E-state index >= 15 is 0 Å². The second-order valence-electron chi connectivity index (χ2n) is 5.74. The van der Waals surface area contributed by atoms with Gasteiger partial charge in [0.2, 0.25) is 0 Å². The number of benzene rings is 2. The monoisotopic (exact) mass is 400 g/mol. The third-order valence-electron chi connectivity index (χ3n) is 3.46. The summed E-state index contributed by atoms with van der Waals surface area (Å²) < 4.78 is 20.8. The minimum atomic E-state index is -0.740. The van der Waals surface area contributed by atoms with Crippen molar-refractivity contribution >= 4 is 11.9 Å². The van der Waals surface area contributed by atoms with Crippen LogP contribution in [0, 0.1) is 24.4 Å². The minimum Gasteiger partial charge on any atom is -0.494 e. The van der Waals surface area contributed by atoms with E-state index in [4.69, 9.17) is 25.4 Å². The second kappa shape index (κ2) is 11.7. The zero-order chi connectivity index (χ0) is 20.9. The van der Waals surface area contributed by atoms with E-state index in [2.05, 4.69) is 24.9 Å². The Hall–Kier alpha value is -3.90. The lowest BCUT2D eigenvalue weighted by molar-refractivity contribution is -0.144. The Morgan fingerprint density at radius 3 is 1.93 bits per heavy atom. The van der Waals surface area contributed by atoms with E-state index in [1.165, 1.54) is 12.1 Å². The predicted octanol–water partition coefficient (Wildman–Crippen LogP) is 4.72. The fraction of sp³-hybridized carbons (Fsp3) is 0.217. The summed E-state index contributed by atoms with van der Waals surface area (Å²) in [5.74, 6) is 4.67. The van der Waals surface area contributed by atoms with Gasteiger partial charge in [0.1, 0.15) is 35.5 Å². The van der Waals surface area contributed by atoms with Crippen LogP contribution in [-0.2, 0) is 9.59 Å². The highest BCUT2D eigenvalue weighted by molar-refractivity contribution is 5.93. The first kappa shape index (κ1) is 21.4. The van der Waals surface area contributed by atoms with Crippen molar-refractivity contribution in [1.29, 1.82) is 0 Å². The van der Waals surface area contributed by atoms with Crippen LogP contribution in [0.2, 0.25) is 0 Å². The number of rotatable bonds is 9. The van der Waals surface area contributed by atoms with E-state index in [1.807, 2.05) is 0 Å². The van der Waals surface area contributed by atoms with Crippen LogP contribution in [0.25, 0.3) is 0 Å². The van der Waals surface area contributed by atoms with Crippen molar-refractivity contribution in [2.24, 2.45) is 0 Å². The second-order valence-corrected chi connectivity index (χ2v) is 5.74. The average molecular weight is 400 g/mol. The van der Waals surface area contributed by atoms with E-state index in [1.54, 1.807) is 36.4 Å². The summed E-state index contributed by atoms with van der Waals surface area (Å²) in [6.45, 7) is 2.71. The van der Waals surface area contributed by atoms with Crippen molar-refractivity contribution in [3.05, 3.63) is 48.5 Å². The Labute approximate surface area is 175 Å². The zero-order valence-electron chi connectivity index (χ0n) is 16.0. The molecule has 0 spiro atoms. The molecule has 0 heterocycles. The number of carbonyl (C=O) groups excluding carboxylic acids is 2. The minimum absolute atomic E-state index is 0. The third-order valence-corrected chi connectivity index (χ3v) is 3.46. The maximum Gasteiger partial charge on any atom is 0.322 e. The van der Waals surface area contributed by atoms with Crippen molar-refractivity contribution < 1.29 is 34.2 Å². The molecule has 0 saturated carbocycles. The first-order chi connectivity index (χ1) is 14.1. The normalized spacial score (nSPS) is 9.38. The fourth-order valence-corrected chi connectivity index (χ4v) is 2.08. The number of hydrogen-bond acceptors (Lipinski definition) is 6. The van der Waals surface area contributed by atoms with Crippen LogP contribution < -0.4 is 18.9 Å². The van der Waals surface area contributed by atoms with Crippen molar-refractivity contribution in [3.63, 3.8) is 0 Å². The lowest BCUT2D eigenvalue weighted by Crippen LogP contribution is -2.18. The van der Waals surface area contributed by atoms with Crippen LogP contribution in [-0.4, -0.2) is 18.5 Å². The summed E-state index contributed by atoms with van der Waals surface area (Å²) in [5, 5.41) is 0. The van der Waals surface area contributed by atoms with Gasteiger partial charge in [-0.1, -0.05) is 13.3 Å². The Bertz CT molecular complexity index is 929. The van der Waals surface area contributed by atoms with Crippen LogP contribution in [0.1, 0.15) is 31.9 Å². The molecule has 0 saturated heterocycles. The molecule has 2 aromatic rings. The molecule has 2 rings (SSSR count). The summed E-state index contributed by atoms with van der Waals surface area (Å²) in [5.41, 5.74) is 0. The van der Waals surface area contributed by atoms with E-state index in [9.17, 15) is 9.59 Å². The van der Waals surface area contributed by atoms with Gasteiger partial charge < -0.3 is 18.9 Å². The molecular formula is C23H28O6. The number of terminal acetylenes is 1. The maximum absolute atomic E-state index is 11.9. The Morgan fingerprint density at radius 1 is 0.897 bits per heavy atom. The molecule has 0 amide bonds. The lowest BCUT2D eigenvalue weighted by atomic mass is 10.3. The molecule has 0 radical (unpaired) electrons. The molecule has 2 aromatic carbocycles. The first-order valence-corrected chi connectivity index (χ1v) is 8.97. The van der Waals surface area contributed by atoms with Crippen molar-refractivity contribution in [2.45, 2.75) is 26.2 Å². The van der Waals surface area contributed by atoms with Gasteiger partial charge in [-0.05, 0) is 60.9 Å². The number of unbranched alkanes of at least 4 members (excludes halogenated alkanes) is 1. The highest BCUT2D eigenvalue weighted by Crippen LogP contribution is 2.20. The molecule has 6 heteroatoms. The van der Waals surface area contributed by atoms with E-state index in [0.717, 1.165) is 12.8 Å². The topological polar surface area (TPSA) is 71.1 Å². The van der Waals surface area contributed by atoms with Crippen LogP contribution in [0.3, 0.4) is 0 Å². The summed E-state index contributed by atoms with van der Waals surface area (Å²) in [6, 6.07) is 12.7. The number of hydrogen-bond donors (Lipinski definition) is 0. The quantitative estimate of drug-likeness (QED) is 0.199. The summed E-state index contributed by atoms with van der Waals surface area (Å²) in [7, 11) is 0. The van der Waals surface area contributed by atoms with Gasteiger partial charge in [0.25, 0.3) is 0 Å². The van der Waals surface area contributed by atoms with Crippen LogP contribution in [0.4, 0.5) is 0 Å². The van der Waals surface area contributed by atoms with Gasteiger partial charge >= 0.3 is 11.9 Å². The molecule has 0 bridgehead atoms. The summed E-state index contributed by atoms with van der Waals surface area (Å²) in [4.78, 5) is 23.8. The smallest absolute Gasteiger partial charge is 0.322 e. The SMILES string of the molecule is C#CC#COc1ccc(OC(=O)CC(=O)Oc2ccc(OCCCC)cc2)cc1.[HH].[HH].[HH].[HH].